The summed E-state index contributed by atoms with van der Waals surface area (Å²) in [7, 11) is 3.12. The van der Waals surface area contributed by atoms with E-state index in [0.717, 1.165) is 19.3 Å². The highest BCUT2D eigenvalue weighted by Crippen LogP contribution is 2.42. The molecular formula is C14H24N2O5. The Bertz CT molecular complexity index is 390. The molecule has 2 amide bonds. The van der Waals surface area contributed by atoms with Crippen LogP contribution in [0, 0.1) is 11.8 Å². The van der Waals surface area contributed by atoms with Crippen molar-refractivity contribution >= 4 is 12.0 Å². The van der Waals surface area contributed by atoms with Gasteiger partial charge in [0.25, 0.3) is 0 Å². The zero-order chi connectivity index (χ0) is 15.4. The van der Waals surface area contributed by atoms with Gasteiger partial charge in [0.2, 0.25) is 0 Å². The molecule has 2 aliphatic rings. The van der Waals surface area contributed by atoms with Crippen LogP contribution in [0.2, 0.25) is 0 Å². The van der Waals surface area contributed by atoms with Gasteiger partial charge in [0.1, 0.15) is 6.04 Å². The van der Waals surface area contributed by atoms with Crippen LogP contribution < -0.4 is 5.32 Å². The minimum absolute atomic E-state index is 0.102. The zero-order valence-corrected chi connectivity index (χ0v) is 12.6. The molecule has 2 N–H and O–H groups in total. The first-order valence-electron chi connectivity index (χ1n) is 7.37. The highest BCUT2D eigenvalue weighted by atomic mass is 16.5. The predicted octanol–water partition coefficient (Wildman–Crippen LogP) is 0.543. The van der Waals surface area contributed by atoms with Gasteiger partial charge in [0.05, 0.1) is 12.7 Å². The average Bonchev–Trinajstić information content (AvgIpc) is 3.02. The van der Waals surface area contributed by atoms with Crippen LogP contribution in [0.4, 0.5) is 4.79 Å². The summed E-state index contributed by atoms with van der Waals surface area (Å²) in [4.78, 5) is 25.2. The highest BCUT2D eigenvalue weighted by Gasteiger charge is 2.49. The lowest BCUT2D eigenvalue weighted by molar-refractivity contribution is -0.142. The quantitative estimate of drug-likeness (QED) is 0.747. The maximum absolute atomic E-state index is 12.3. The molecule has 2 rings (SSSR count). The van der Waals surface area contributed by atoms with Crippen LogP contribution >= 0.6 is 0 Å². The Hall–Kier alpha value is -1.34. The molecule has 7 nitrogen and oxygen atoms in total. The second-order valence-electron chi connectivity index (χ2n) is 5.79. The van der Waals surface area contributed by atoms with Crippen molar-refractivity contribution in [1.29, 1.82) is 0 Å². The van der Waals surface area contributed by atoms with Crippen molar-refractivity contribution in [2.24, 2.45) is 11.8 Å². The number of urea groups is 1. The molecule has 0 radical (unpaired) electrons. The molecule has 0 bridgehead atoms. The number of fused-ring (bicyclic) bond motifs is 1. The lowest BCUT2D eigenvalue weighted by Gasteiger charge is -2.25. The number of carboxylic acids is 1. The lowest BCUT2D eigenvalue weighted by atomic mass is 9.94. The van der Waals surface area contributed by atoms with Crippen molar-refractivity contribution in [2.45, 2.75) is 31.4 Å². The summed E-state index contributed by atoms with van der Waals surface area (Å²) >= 11 is 0. The van der Waals surface area contributed by atoms with Crippen LogP contribution in [0.25, 0.3) is 0 Å². The molecule has 0 spiro atoms. The lowest BCUT2D eigenvalue weighted by Crippen LogP contribution is -2.49. The van der Waals surface area contributed by atoms with Gasteiger partial charge >= 0.3 is 12.0 Å². The predicted molar refractivity (Wildman–Crippen MR) is 75.0 cm³/mol. The van der Waals surface area contributed by atoms with Gasteiger partial charge in [-0.05, 0) is 24.7 Å². The molecule has 1 saturated heterocycles. The summed E-state index contributed by atoms with van der Waals surface area (Å²) in [5.74, 6) is -0.473. The number of nitrogens with one attached hydrogen (secondary N) is 1. The van der Waals surface area contributed by atoms with Crippen LogP contribution in [-0.2, 0) is 14.3 Å². The Balaban J connectivity index is 1.93. The summed E-state index contributed by atoms with van der Waals surface area (Å²) < 4.78 is 10.2. The van der Waals surface area contributed by atoms with E-state index in [2.05, 4.69) is 5.32 Å². The fourth-order valence-corrected chi connectivity index (χ4v) is 3.53. The first kappa shape index (κ1) is 16.0. The van der Waals surface area contributed by atoms with Gasteiger partial charge < -0.3 is 24.8 Å². The first-order valence-corrected chi connectivity index (χ1v) is 7.37. The summed E-state index contributed by atoms with van der Waals surface area (Å²) in [5.41, 5.74) is 0. The minimum atomic E-state index is -0.903. The normalized spacial score (nSPS) is 29.2. The fourth-order valence-electron chi connectivity index (χ4n) is 3.53. The SMILES string of the molecule is COCC(CNC(=O)N1CC2CCCC2C1C(=O)O)OC. The van der Waals surface area contributed by atoms with Crippen LogP contribution in [-0.4, -0.2) is 68.1 Å². The van der Waals surface area contributed by atoms with Crippen LogP contribution in [0.5, 0.6) is 0 Å². The third-order valence-corrected chi connectivity index (χ3v) is 4.57. The summed E-state index contributed by atoms with van der Waals surface area (Å²) in [6, 6.07) is -1.02. The van der Waals surface area contributed by atoms with E-state index in [9.17, 15) is 14.7 Å². The van der Waals surface area contributed by atoms with Crippen molar-refractivity contribution < 1.29 is 24.2 Å². The van der Waals surface area contributed by atoms with Crippen molar-refractivity contribution in [1.82, 2.24) is 10.2 Å². The molecular weight excluding hydrogens is 276 g/mol. The number of nitrogens with zero attached hydrogens (tertiary/aromatic N) is 1. The Morgan fingerprint density at radius 2 is 2.14 bits per heavy atom. The molecule has 1 saturated carbocycles. The number of amides is 2. The Morgan fingerprint density at radius 3 is 2.76 bits per heavy atom. The topological polar surface area (TPSA) is 88.1 Å². The van der Waals surface area contributed by atoms with Gasteiger partial charge in [-0.25, -0.2) is 9.59 Å². The van der Waals surface area contributed by atoms with Gasteiger partial charge in [-0.1, -0.05) is 6.42 Å². The van der Waals surface area contributed by atoms with Crippen LogP contribution in [0.3, 0.4) is 0 Å². The van der Waals surface area contributed by atoms with E-state index < -0.39 is 12.0 Å². The van der Waals surface area contributed by atoms with E-state index in [4.69, 9.17) is 9.47 Å². The largest absolute Gasteiger partial charge is 0.480 e. The molecule has 4 atom stereocenters. The van der Waals surface area contributed by atoms with Gasteiger partial charge in [-0.3, -0.25) is 0 Å². The van der Waals surface area contributed by atoms with Gasteiger partial charge in [0.15, 0.2) is 0 Å². The molecule has 1 heterocycles. The molecule has 0 aromatic rings. The van der Waals surface area contributed by atoms with Crippen molar-refractivity contribution in [3.8, 4) is 0 Å². The molecule has 0 aromatic heterocycles. The van der Waals surface area contributed by atoms with Crippen molar-refractivity contribution in [3.63, 3.8) is 0 Å². The maximum Gasteiger partial charge on any atom is 0.326 e. The third kappa shape index (κ3) is 3.47. The summed E-state index contributed by atoms with van der Waals surface area (Å²) in [6.07, 6.45) is 2.75. The van der Waals surface area contributed by atoms with Crippen molar-refractivity contribution in [3.05, 3.63) is 0 Å². The number of rotatable bonds is 6. The average molecular weight is 300 g/mol. The summed E-state index contributed by atoms with van der Waals surface area (Å²) in [6.45, 7) is 1.22. The van der Waals surface area contributed by atoms with E-state index in [1.165, 1.54) is 4.90 Å². The standard InChI is InChI=1S/C14H24N2O5/c1-20-8-10(21-2)6-15-14(19)16-7-9-4-3-5-11(9)12(16)13(17)18/h9-12H,3-8H2,1-2H3,(H,15,19)(H,17,18). The number of carbonyl (C=O) groups excluding carboxylic acids is 1. The molecule has 1 aliphatic carbocycles. The number of ether oxygens (including phenoxy) is 2. The number of likely N-dealkylation sites (tertiary alicyclic amines) is 1. The smallest absolute Gasteiger partial charge is 0.326 e. The number of methoxy groups -OCH3 is 2. The number of hydrogen-bond acceptors (Lipinski definition) is 4. The highest BCUT2D eigenvalue weighted by molar-refractivity contribution is 5.83. The molecule has 120 valence electrons. The first-order chi connectivity index (χ1) is 10.1. The van der Waals surface area contributed by atoms with Gasteiger partial charge in [-0.15, -0.1) is 0 Å². The second kappa shape index (κ2) is 7.09. The molecule has 1 aliphatic heterocycles. The zero-order valence-electron chi connectivity index (χ0n) is 12.6. The maximum atomic E-state index is 12.3. The van der Waals surface area contributed by atoms with Crippen LogP contribution in [0.1, 0.15) is 19.3 Å². The van der Waals surface area contributed by atoms with E-state index in [0.29, 0.717) is 25.6 Å². The van der Waals surface area contributed by atoms with Gasteiger partial charge in [-0.2, -0.15) is 0 Å². The fraction of sp³-hybridized carbons (Fsp3) is 0.857. The molecule has 0 aromatic carbocycles. The van der Waals surface area contributed by atoms with Crippen molar-refractivity contribution in [2.75, 3.05) is 33.9 Å². The molecule has 21 heavy (non-hydrogen) atoms. The van der Waals surface area contributed by atoms with E-state index in [1.807, 2.05) is 0 Å². The number of aliphatic carboxylic acids is 1. The number of hydrogen-bond donors (Lipinski definition) is 2. The molecule has 4 unspecified atom stereocenters. The van der Waals surface area contributed by atoms with Gasteiger partial charge in [0, 0.05) is 27.3 Å². The summed E-state index contributed by atoms with van der Waals surface area (Å²) in [5, 5.41) is 12.2. The molecule has 7 heteroatoms. The second-order valence-corrected chi connectivity index (χ2v) is 5.79. The van der Waals surface area contributed by atoms with E-state index in [-0.39, 0.29) is 18.1 Å². The minimum Gasteiger partial charge on any atom is -0.480 e. The Morgan fingerprint density at radius 1 is 1.38 bits per heavy atom. The van der Waals surface area contributed by atoms with Crippen LogP contribution in [0.15, 0.2) is 0 Å². The third-order valence-electron chi connectivity index (χ3n) is 4.57. The molecule has 2 fully saturated rings. The van der Waals surface area contributed by atoms with E-state index in [1.54, 1.807) is 14.2 Å². The Kier molecular flexibility index (Phi) is 5.41. The monoisotopic (exact) mass is 300 g/mol. The Labute approximate surface area is 124 Å². The number of carboxylic acid groups (broad SMARTS) is 1. The number of carbonyl (C=O) groups is 2. The van der Waals surface area contributed by atoms with E-state index >= 15 is 0 Å².